The second kappa shape index (κ2) is 4.01. The second-order valence-electron chi connectivity index (χ2n) is 3.44. The molecule has 1 heterocycles. The number of hydrogen-bond acceptors (Lipinski definition) is 1. The summed E-state index contributed by atoms with van der Waals surface area (Å²) in [6.45, 7) is 2.15. The van der Waals surface area contributed by atoms with Gasteiger partial charge in [-0.3, -0.25) is 0 Å². The zero-order chi connectivity index (χ0) is 9.10. The minimum atomic E-state index is 1.18. The van der Waals surface area contributed by atoms with Gasteiger partial charge in [0.1, 0.15) is 0 Å². The lowest BCUT2D eigenvalue weighted by atomic mass is 10.0. The Balaban J connectivity index is 2.29. The van der Waals surface area contributed by atoms with Crippen LogP contribution in [0.25, 0.3) is 5.57 Å². The first-order valence-corrected chi connectivity index (χ1v) is 5.85. The molecule has 0 radical (unpaired) electrons. The maximum Gasteiger partial charge on any atom is 0.0187 e. The van der Waals surface area contributed by atoms with Crippen molar-refractivity contribution in [3.63, 3.8) is 0 Å². The van der Waals surface area contributed by atoms with Crippen molar-refractivity contribution in [3.8, 4) is 0 Å². The van der Waals surface area contributed by atoms with Gasteiger partial charge in [0.25, 0.3) is 0 Å². The van der Waals surface area contributed by atoms with Crippen LogP contribution in [0.5, 0.6) is 0 Å². The van der Waals surface area contributed by atoms with Crippen LogP contribution in [0.15, 0.2) is 30.3 Å². The summed E-state index contributed by atoms with van der Waals surface area (Å²) >= 11 is 2.04. The molecule has 0 saturated carbocycles. The predicted octanol–water partition coefficient (Wildman–Crippen LogP) is 3.52. The molecule has 0 saturated heterocycles. The predicted molar refractivity (Wildman–Crippen MR) is 61.1 cm³/mol. The molecule has 1 aromatic rings. The molecule has 2 rings (SSSR count). The molecule has 1 heteroatoms. The van der Waals surface area contributed by atoms with E-state index in [1.54, 1.807) is 0 Å². The van der Waals surface area contributed by atoms with Crippen LogP contribution in [0.3, 0.4) is 0 Å². The van der Waals surface area contributed by atoms with E-state index < -0.39 is 0 Å². The van der Waals surface area contributed by atoms with E-state index in [2.05, 4.69) is 37.3 Å². The fraction of sp³-hybridized carbons (Fsp3) is 0.333. The molecule has 0 nitrogen and oxygen atoms in total. The Hall–Kier alpha value is -0.690. The third-order valence-electron chi connectivity index (χ3n) is 2.30. The number of rotatable bonds is 1. The van der Waals surface area contributed by atoms with E-state index in [9.17, 15) is 0 Å². The number of hydrogen-bond donors (Lipinski definition) is 0. The summed E-state index contributed by atoms with van der Waals surface area (Å²) in [4.78, 5) is 0. The highest BCUT2D eigenvalue weighted by atomic mass is 32.2. The van der Waals surface area contributed by atoms with Crippen LogP contribution in [0.1, 0.15) is 17.5 Å². The molecule has 13 heavy (non-hydrogen) atoms. The van der Waals surface area contributed by atoms with Gasteiger partial charge >= 0.3 is 0 Å². The minimum Gasteiger partial charge on any atom is -0.157 e. The molecule has 0 spiro atoms. The normalized spacial score (nSPS) is 16.8. The number of allylic oxidation sites excluding steroid dienone is 1. The van der Waals surface area contributed by atoms with Crippen LogP contribution >= 0.6 is 11.8 Å². The van der Waals surface area contributed by atoms with Gasteiger partial charge in [-0.25, -0.2) is 0 Å². The average Bonchev–Trinajstić information content (AvgIpc) is 2.19. The topological polar surface area (TPSA) is 0 Å². The Bertz CT molecular complexity index is 326. The molecule has 0 aliphatic carbocycles. The molecular formula is C12H14S. The molecule has 1 aliphatic rings. The van der Waals surface area contributed by atoms with E-state index in [0.717, 1.165) is 0 Å². The van der Waals surface area contributed by atoms with Crippen LogP contribution in [-0.4, -0.2) is 11.5 Å². The lowest BCUT2D eigenvalue weighted by molar-refractivity contribution is 1.22. The van der Waals surface area contributed by atoms with Crippen molar-refractivity contribution >= 4 is 17.3 Å². The lowest BCUT2D eigenvalue weighted by Gasteiger charge is -2.12. The quantitative estimate of drug-likeness (QED) is 0.653. The maximum absolute atomic E-state index is 2.38. The van der Waals surface area contributed by atoms with Gasteiger partial charge in [0.05, 0.1) is 0 Å². The van der Waals surface area contributed by atoms with Crippen LogP contribution in [-0.2, 0) is 0 Å². The summed E-state index contributed by atoms with van der Waals surface area (Å²) < 4.78 is 0. The van der Waals surface area contributed by atoms with E-state index in [0.29, 0.717) is 0 Å². The molecule has 1 aliphatic heterocycles. The van der Waals surface area contributed by atoms with E-state index >= 15 is 0 Å². The lowest BCUT2D eigenvalue weighted by Crippen LogP contribution is -1.95. The smallest absolute Gasteiger partial charge is 0.0187 e. The summed E-state index contributed by atoms with van der Waals surface area (Å²) in [5, 5.41) is 0. The van der Waals surface area contributed by atoms with Gasteiger partial charge in [-0.2, -0.15) is 11.8 Å². The van der Waals surface area contributed by atoms with E-state index in [1.165, 1.54) is 34.6 Å². The van der Waals surface area contributed by atoms with Crippen molar-refractivity contribution in [2.45, 2.75) is 13.3 Å². The Labute approximate surface area is 84.0 Å². The minimum absolute atomic E-state index is 1.18. The molecule has 68 valence electrons. The molecular weight excluding hydrogens is 176 g/mol. The summed E-state index contributed by atoms with van der Waals surface area (Å²) in [7, 11) is 0. The maximum atomic E-state index is 2.38. The van der Waals surface area contributed by atoms with Crippen molar-refractivity contribution in [1.82, 2.24) is 0 Å². The first-order valence-electron chi connectivity index (χ1n) is 4.70. The molecule has 0 atom stereocenters. The Morgan fingerprint density at radius 3 is 2.92 bits per heavy atom. The average molecular weight is 190 g/mol. The van der Waals surface area contributed by atoms with Crippen LogP contribution in [0, 0.1) is 6.92 Å². The Morgan fingerprint density at radius 1 is 1.31 bits per heavy atom. The van der Waals surface area contributed by atoms with Crippen molar-refractivity contribution in [2.75, 3.05) is 11.5 Å². The van der Waals surface area contributed by atoms with Crippen LogP contribution < -0.4 is 0 Å². The SMILES string of the molecule is Cc1cccc(C2=CCCSC2)c1. The van der Waals surface area contributed by atoms with Gasteiger partial charge in [-0.15, -0.1) is 0 Å². The van der Waals surface area contributed by atoms with Crippen molar-refractivity contribution in [1.29, 1.82) is 0 Å². The van der Waals surface area contributed by atoms with Gasteiger partial charge in [0.2, 0.25) is 0 Å². The highest BCUT2D eigenvalue weighted by molar-refractivity contribution is 7.99. The van der Waals surface area contributed by atoms with Crippen LogP contribution in [0.2, 0.25) is 0 Å². The third kappa shape index (κ3) is 2.16. The molecule has 1 aromatic carbocycles. The zero-order valence-corrected chi connectivity index (χ0v) is 8.73. The molecule has 0 fully saturated rings. The summed E-state index contributed by atoms with van der Waals surface area (Å²) in [6, 6.07) is 8.78. The zero-order valence-electron chi connectivity index (χ0n) is 7.92. The van der Waals surface area contributed by atoms with Gasteiger partial charge < -0.3 is 0 Å². The summed E-state index contributed by atoms with van der Waals surface area (Å²) in [5.74, 6) is 2.47. The first-order chi connectivity index (χ1) is 6.36. The van der Waals surface area contributed by atoms with E-state index in [-0.39, 0.29) is 0 Å². The van der Waals surface area contributed by atoms with Gasteiger partial charge in [-0.05, 0) is 30.2 Å². The van der Waals surface area contributed by atoms with Crippen LogP contribution in [0.4, 0.5) is 0 Å². The van der Waals surface area contributed by atoms with Crippen molar-refractivity contribution in [3.05, 3.63) is 41.5 Å². The van der Waals surface area contributed by atoms with Crippen molar-refractivity contribution in [2.24, 2.45) is 0 Å². The molecule has 0 amide bonds. The highest BCUT2D eigenvalue weighted by Gasteiger charge is 2.05. The molecule has 0 aromatic heterocycles. The number of benzene rings is 1. The highest BCUT2D eigenvalue weighted by Crippen LogP contribution is 2.25. The van der Waals surface area contributed by atoms with Gasteiger partial charge in [-0.1, -0.05) is 35.9 Å². The summed E-state index contributed by atoms with van der Waals surface area (Å²) in [5.41, 5.74) is 4.28. The largest absolute Gasteiger partial charge is 0.157 e. The van der Waals surface area contributed by atoms with Gasteiger partial charge in [0, 0.05) is 5.75 Å². The monoisotopic (exact) mass is 190 g/mol. The number of thioether (sulfide) groups is 1. The fourth-order valence-corrected chi connectivity index (χ4v) is 2.54. The molecule has 0 bridgehead atoms. The Kier molecular flexibility index (Phi) is 2.74. The van der Waals surface area contributed by atoms with E-state index in [1.807, 2.05) is 11.8 Å². The van der Waals surface area contributed by atoms with Gasteiger partial charge in [0.15, 0.2) is 0 Å². The molecule has 0 N–H and O–H groups in total. The molecule has 0 unspecified atom stereocenters. The third-order valence-corrected chi connectivity index (χ3v) is 3.34. The van der Waals surface area contributed by atoms with E-state index in [4.69, 9.17) is 0 Å². The first kappa shape index (κ1) is 8.89. The Morgan fingerprint density at radius 2 is 2.23 bits per heavy atom. The second-order valence-corrected chi connectivity index (χ2v) is 4.55. The standard InChI is InChI=1S/C12H14S/c1-10-4-2-5-11(8-10)12-6-3-7-13-9-12/h2,4-6,8H,3,7,9H2,1H3. The summed E-state index contributed by atoms with van der Waals surface area (Å²) in [6.07, 6.45) is 3.61. The van der Waals surface area contributed by atoms with Crippen molar-refractivity contribution < 1.29 is 0 Å². The number of aryl methyl sites for hydroxylation is 1. The fourth-order valence-electron chi connectivity index (χ4n) is 1.60.